The number of nitrogens with zero attached hydrogens (tertiary/aromatic N) is 4. The van der Waals surface area contributed by atoms with E-state index in [1.54, 1.807) is 19.4 Å². The van der Waals surface area contributed by atoms with Gasteiger partial charge in [0.1, 0.15) is 12.1 Å². The molecule has 7 heteroatoms. The van der Waals surface area contributed by atoms with Gasteiger partial charge in [-0.1, -0.05) is 23.4 Å². The van der Waals surface area contributed by atoms with Crippen molar-refractivity contribution in [1.29, 1.82) is 0 Å². The molecule has 2 aromatic rings. The summed E-state index contributed by atoms with van der Waals surface area (Å²) >= 11 is 0. The van der Waals surface area contributed by atoms with Gasteiger partial charge in [-0.15, -0.1) is 0 Å². The number of aromatic nitrogens is 1. The summed E-state index contributed by atoms with van der Waals surface area (Å²) in [6.45, 7) is 5.16. The minimum atomic E-state index is -0.152. The Kier molecular flexibility index (Phi) is 6.00. The van der Waals surface area contributed by atoms with Gasteiger partial charge < -0.3 is 14.7 Å². The summed E-state index contributed by atoms with van der Waals surface area (Å²) < 4.78 is 18.5. The predicted molar refractivity (Wildman–Crippen MR) is 94.8 cm³/mol. The fourth-order valence-corrected chi connectivity index (χ4v) is 3.01. The first-order valence-corrected chi connectivity index (χ1v) is 8.57. The smallest absolute Gasteiger partial charge is 0.193 e. The zero-order valence-corrected chi connectivity index (χ0v) is 14.5. The Bertz CT molecular complexity index is 681. The monoisotopic (exact) mass is 345 g/mol. The highest BCUT2D eigenvalue weighted by molar-refractivity contribution is 5.80. The van der Waals surface area contributed by atoms with Gasteiger partial charge in [0, 0.05) is 52.4 Å². The number of aliphatic imine (C=N–C) groups is 1. The van der Waals surface area contributed by atoms with Gasteiger partial charge >= 0.3 is 0 Å². The number of hydrogen-bond donors (Lipinski definition) is 1. The fraction of sp³-hybridized carbons (Fsp3) is 0.444. The van der Waals surface area contributed by atoms with Crippen molar-refractivity contribution >= 4 is 5.96 Å². The largest absolute Gasteiger partial charge is 0.364 e. The zero-order valence-electron chi connectivity index (χ0n) is 14.5. The molecule has 1 aromatic carbocycles. The fourth-order valence-electron chi connectivity index (χ4n) is 3.01. The standard InChI is InChI=1S/C18H24FN5O/c1-20-18(21-8-6-15-4-2-3-5-17(15)19)24-11-9-23(10-12-24)14-16-7-13-25-22-16/h2-5,7,13H,6,8-12,14H2,1H3,(H,20,21). The molecule has 6 nitrogen and oxygen atoms in total. The predicted octanol–water partition coefficient (Wildman–Crippen LogP) is 1.75. The summed E-state index contributed by atoms with van der Waals surface area (Å²) in [4.78, 5) is 8.94. The maximum absolute atomic E-state index is 13.7. The van der Waals surface area contributed by atoms with Crippen molar-refractivity contribution in [3.05, 3.63) is 53.7 Å². The number of guanidine groups is 1. The van der Waals surface area contributed by atoms with Gasteiger partial charge in [-0.05, 0) is 18.1 Å². The van der Waals surface area contributed by atoms with E-state index in [0.29, 0.717) is 13.0 Å². The first-order valence-electron chi connectivity index (χ1n) is 8.57. The molecule has 0 bridgehead atoms. The molecule has 0 atom stereocenters. The molecule has 1 fully saturated rings. The second-order valence-electron chi connectivity index (χ2n) is 6.07. The second-order valence-corrected chi connectivity index (χ2v) is 6.07. The van der Waals surface area contributed by atoms with Gasteiger partial charge in [-0.2, -0.15) is 0 Å². The van der Waals surface area contributed by atoms with Gasteiger partial charge in [0.2, 0.25) is 0 Å². The Hall–Kier alpha value is -2.41. The van der Waals surface area contributed by atoms with Crippen LogP contribution in [0.15, 0.2) is 46.1 Å². The van der Waals surface area contributed by atoms with Crippen LogP contribution in [-0.4, -0.2) is 60.7 Å². The number of halogens is 1. The third kappa shape index (κ3) is 4.79. The van der Waals surface area contributed by atoms with E-state index in [9.17, 15) is 4.39 Å². The highest BCUT2D eigenvalue weighted by Crippen LogP contribution is 2.08. The third-order valence-corrected chi connectivity index (χ3v) is 4.40. The Labute approximate surface area is 147 Å². The van der Waals surface area contributed by atoms with Crippen LogP contribution >= 0.6 is 0 Å². The van der Waals surface area contributed by atoms with Crippen molar-refractivity contribution in [2.75, 3.05) is 39.8 Å². The molecule has 0 unspecified atom stereocenters. The van der Waals surface area contributed by atoms with Gasteiger partial charge in [-0.25, -0.2) is 4.39 Å². The lowest BCUT2D eigenvalue weighted by Gasteiger charge is -2.36. The molecular formula is C18H24FN5O. The molecule has 25 heavy (non-hydrogen) atoms. The Morgan fingerprint density at radius 1 is 1.24 bits per heavy atom. The van der Waals surface area contributed by atoms with Crippen molar-refractivity contribution in [3.63, 3.8) is 0 Å². The maximum Gasteiger partial charge on any atom is 0.193 e. The van der Waals surface area contributed by atoms with Crippen LogP contribution in [0.25, 0.3) is 0 Å². The van der Waals surface area contributed by atoms with E-state index in [4.69, 9.17) is 4.52 Å². The van der Waals surface area contributed by atoms with E-state index < -0.39 is 0 Å². The van der Waals surface area contributed by atoms with Crippen LogP contribution < -0.4 is 5.32 Å². The van der Waals surface area contributed by atoms with E-state index in [1.807, 2.05) is 18.2 Å². The minimum Gasteiger partial charge on any atom is -0.364 e. The number of piperazine rings is 1. The average Bonchev–Trinajstić information content (AvgIpc) is 3.14. The van der Waals surface area contributed by atoms with Crippen LogP contribution in [0, 0.1) is 5.82 Å². The highest BCUT2D eigenvalue weighted by Gasteiger charge is 2.20. The molecule has 0 amide bonds. The minimum absolute atomic E-state index is 0.152. The van der Waals surface area contributed by atoms with E-state index in [0.717, 1.165) is 49.9 Å². The highest BCUT2D eigenvalue weighted by atomic mass is 19.1. The van der Waals surface area contributed by atoms with Crippen LogP contribution in [0.1, 0.15) is 11.3 Å². The van der Waals surface area contributed by atoms with E-state index in [1.165, 1.54) is 6.07 Å². The molecule has 0 spiro atoms. The molecule has 1 aliphatic heterocycles. The van der Waals surface area contributed by atoms with Crippen molar-refractivity contribution in [1.82, 2.24) is 20.3 Å². The van der Waals surface area contributed by atoms with Crippen LogP contribution in [0.3, 0.4) is 0 Å². The van der Waals surface area contributed by atoms with Gasteiger partial charge in [0.15, 0.2) is 5.96 Å². The number of rotatable bonds is 5. The molecule has 0 aliphatic carbocycles. The SMILES string of the molecule is CN=C(NCCc1ccccc1F)N1CCN(Cc2ccon2)CC1. The Morgan fingerprint density at radius 2 is 2.04 bits per heavy atom. The lowest BCUT2D eigenvalue weighted by molar-refractivity contribution is 0.169. The summed E-state index contributed by atoms with van der Waals surface area (Å²) in [6, 6.07) is 8.79. The van der Waals surface area contributed by atoms with E-state index in [-0.39, 0.29) is 5.82 Å². The topological polar surface area (TPSA) is 56.9 Å². The van der Waals surface area contributed by atoms with E-state index >= 15 is 0 Å². The van der Waals surface area contributed by atoms with Crippen LogP contribution in [0.2, 0.25) is 0 Å². The quantitative estimate of drug-likeness (QED) is 0.661. The van der Waals surface area contributed by atoms with Gasteiger partial charge in [0.05, 0.1) is 5.69 Å². The first-order chi connectivity index (χ1) is 12.3. The molecular weight excluding hydrogens is 321 g/mol. The summed E-state index contributed by atoms with van der Waals surface area (Å²) in [5, 5.41) is 7.30. The van der Waals surface area contributed by atoms with Crippen molar-refractivity contribution in [3.8, 4) is 0 Å². The molecule has 1 aliphatic rings. The second kappa shape index (κ2) is 8.62. The van der Waals surface area contributed by atoms with E-state index in [2.05, 4.69) is 25.3 Å². The summed E-state index contributed by atoms with van der Waals surface area (Å²) in [6.07, 6.45) is 2.24. The summed E-state index contributed by atoms with van der Waals surface area (Å²) in [7, 11) is 1.78. The normalized spacial score (nSPS) is 16.2. The molecule has 134 valence electrons. The molecule has 0 saturated carbocycles. The number of benzene rings is 1. The molecule has 2 heterocycles. The zero-order chi connectivity index (χ0) is 17.5. The Balaban J connectivity index is 1.44. The maximum atomic E-state index is 13.7. The van der Waals surface area contributed by atoms with Crippen molar-refractivity contribution < 1.29 is 8.91 Å². The molecule has 1 aromatic heterocycles. The van der Waals surface area contributed by atoms with Crippen molar-refractivity contribution in [2.24, 2.45) is 4.99 Å². The van der Waals surface area contributed by atoms with Crippen molar-refractivity contribution in [2.45, 2.75) is 13.0 Å². The van der Waals surface area contributed by atoms with Crippen LogP contribution in [0.4, 0.5) is 4.39 Å². The lowest BCUT2D eigenvalue weighted by atomic mass is 10.1. The summed E-state index contributed by atoms with van der Waals surface area (Å²) in [5.41, 5.74) is 1.68. The van der Waals surface area contributed by atoms with Crippen LogP contribution in [-0.2, 0) is 13.0 Å². The third-order valence-electron chi connectivity index (χ3n) is 4.40. The lowest BCUT2D eigenvalue weighted by Crippen LogP contribution is -2.52. The van der Waals surface area contributed by atoms with Gasteiger partial charge in [0.25, 0.3) is 0 Å². The van der Waals surface area contributed by atoms with Crippen LogP contribution in [0.5, 0.6) is 0 Å². The van der Waals surface area contributed by atoms with Gasteiger partial charge in [-0.3, -0.25) is 9.89 Å². The number of nitrogens with one attached hydrogen (secondary N) is 1. The first kappa shape index (κ1) is 17.4. The molecule has 1 N–H and O–H groups in total. The summed E-state index contributed by atoms with van der Waals surface area (Å²) in [5.74, 6) is 0.721. The molecule has 3 rings (SSSR count). The molecule has 1 saturated heterocycles. The Morgan fingerprint density at radius 3 is 2.72 bits per heavy atom. The average molecular weight is 345 g/mol. The number of hydrogen-bond acceptors (Lipinski definition) is 4. The molecule has 0 radical (unpaired) electrons.